The second-order valence-corrected chi connectivity index (χ2v) is 5.63. The van der Waals surface area contributed by atoms with E-state index in [-0.39, 0.29) is 0 Å². The number of hydrogen-bond acceptors (Lipinski definition) is 4. The zero-order valence-corrected chi connectivity index (χ0v) is 12.5. The van der Waals surface area contributed by atoms with Crippen LogP contribution in [-0.2, 0) is 0 Å². The lowest BCUT2D eigenvalue weighted by atomic mass is 10.1. The van der Waals surface area contributed by atoms with Gasteiger partial charge in [-0.3, -0.25) is 4.68 Å². The Bertz CT molecular complexity index is 674. The van der Waals surface area contributed by atoms with Crippen molar-refractivity contribution in [3.8, 4) is 6.07 Å². The number of nitrogens with zero attached hydrogens (tertiary/aromatic N) is 5. The molecule has 0 aliphatic carbocycles. The van der Waals surface area contributed by atoms with Crippen molar-refractivity contribution in [2.75, 3.05) is 18.0 Å². The molecule has 5 heteroatoms. The third-order valence-electron chi connectivity index (χ3n) is 4.08. The first-order valence-electron chi connectivity index (χ1n) is 7.31. The number of pyridine rings is 1. The van der Waals surface area contributed by atoms with Gasteiger partial charge in [0.05, 0.1) is 23.5 Å². The van der Waals surface area contributed by atoms with E-state index in [1.54, 1.807) is 0 Å². The number of hydrogen-bond donors (Lipinski definition) is 0. The number of piperidine rings is 1. The first-order valence-corrected chi connectivity index (χ1v) is 7.31. The van der Waals surface area contributed by atoms with Crippen molar-refractivity contribution in [3.63, 3.8) is 0 Å². The summed E-state index contributed by atoms with van der Waals surface area (Å²) in [6.45, 7) is 5.91. The highest BCUT2D eigenvalue weighted by atomic mass is 15.3. The molecule has 3 rings (SSSR count). The molecule has 1 aliphatic rings. The summed E-state index contributed by atoms with van der Waals surface area (Å²) in [6.07, 6.45) is 6.17. The first-order chi connectivity index (χ1) is 10.2. The molecule has 0 spiro atoms. The largest absolute Gasteiger partial charge is 0.356 e. The smallest absolute Gasteiger partial charge is 0.128 e. The van der Waals surface area contributed by atoms with Gasteiger partial charge in [-0.2, -0.15) is 10.4 Å². The Morgan fingerprint density at radius 3 is 2.57 bits per heavy atom. The van der Waals surface area contributed by atoms with Crippen molar-refractivity contribution in [1.82, 2.24) is 14.8 Å². The van der Waals surface area contributed by atoms with Crippen LogP contribution < -0.4 is 4.90 Å². The Labute approximate surface area is 124 Å². The third kappa shape index (κ3) is 2.75. The Kier molecular flexibility index (Phi) is 3.61. The van der Waals surface area contributed by atoms with Crippen LogP contribution in [-0.4, -0.2) is 27.9 Å². The van der Waals surface area contributed by atoms with Gasteiger partial charge in [-0.15, -0.1) is 0 Å². The molecule has 2 aromatic heterocycles. The van der Waals surface area contributed by atoms with E-state index in [0.29, 0.717) is 11.6 Å². The van der Waals surface area contributed by atoms with E-state index in [1.165, 1.54) is 5.56 Å². The van der Waals surface area contributed by atoms with Crippen LogP contribution >= 0.6 is 0 Å². The molecule has 0 amide bonds. The molecule has 3 heterocycles. The second-order valence-electron chi connectivity index (χ2n) is 5.63. The second kappa shape index (κ2) is 5.57. The van der Waals surface area contributed by atoms with Crippen molar-refractivity contribution in [1.29, 1.82) is 5.26 Å². The van der Waals surface area contributed by atoms with Crippen LogP contribution in [0, 0.1) is 25.2 Å². The van der Waals surface area contributed by atoms with E-state index in [2.05, 4.69) is 38.9 Å². The summed E-state index contributed by atoms with van der Waals surface area (Å²) in [5.74, 6) is 0.974. The van der Waals surface area contributed by atoms with E-state index < -0.39 is 0 Å². The zero-order chi connectivity index (χ0) is 14.8. The molecular weight excluding hydrogens is 262 g/mol. The third-order valence-corrected chi connectivity index (χ3v) is 4.08. The molecule has 0 N–H and O–H groups in total. The lowest BCUT2D eigenvalue weighted by Crippen LogP contribution is -2.35. The van der Waals surface area contributed by atoms with Gasteiger partial charge < -0.3 is 4.90 Å². The molecule has 0 saturated carbocycles. The minimum Gasteiger partial charge on any atom is -0.356 e. The molecule has 2 aromatic rings. The van der Waals surface area contributed by atoms with Crippen molar-refractivity contribution < 1.29 is 0 Å². The average molecular weight is 281 g/mol. The first kappa shape index (κ1) is 13.6. The number of anilines is 1. The predicted molar refractivity (Wildman–Crippen MR) is 81.1 cm³/mol. The SMILES string of the molecule is Cc1cnn(C2CCN(c3ccc(C#N)c(C)n3)CC2)c1. The summed E-state index contributed by atoms with van der Waals surface area (Å²) in [6, 6.07) is 6.45. The van der Waals surface area contributed by atoms with Crippen molar-refractivity contribution in [2.24, 2.45) is 0 Å². The Balaban J connectivity index is 1.68. The number of nitriles is 1. The summed E-state index contributed by atoms with van der Waals surface area (Å²) >= 11 is 0. The molecule has 1 saturated heterocycles. The molecule has 0 radical (unpaired) electrons. The maximum Gasteiger partial charge on any atom is 0.128 e. The molecule has 0 aromatic carbocycles. The molecule has 0 unspecified atom stereocenters. The summed E-state index contributed by atoms with van der Waals surface area (Å²) in [4.78, 5) is 6.84. The van der Waals surface area contributed by atoms with E-state index in [0.717, 1.165) is 37.4 Å². The molecule has 0 bridgehead atoms. The van der Waals surface area contributed by atoms with Crippen LogP contribution in [0.4, 0.5) is 5.82 Å². The Morgan fingerprint density at radius 2 is 2.00 bits per heavy atom. The summed E-state index contributed by atoms with van der Waals surface area (Å²) in [5.41, 5.74) is 2.67. The van der Waals surface area contributed by atoms with Crippen molar-refractivity contribution in [3.05, 3.63) is 41.3 Å². The quantitative estimate of drug-likeness (QED) is 0.849. The fourth-order valence-electron chi connectivity index (χ4n) is 2.83. The minimum atomic E-state index is 0.481. The molecular formula is C16H19N5. The maximum atomic E-state index is 8.97. The van der Waals surface area contributed by atoms with Crippen LogP contribution in [0.3, 0.4) is 0 Å². The normalized spacial score (nSPS) is 16.0. The number of rotatable bonds is 2. The molecule has 108 valence electrons. The lowest BCUT2D eigenvalue weighted by Gasteiger charge is -2.33. The number of aryl methyl sites for hydroxylation is 2. The van der Waals surface area contributed by atoms with E-state index in [4.69, 9.17) is 5.26 Å². The predicted octanol–water partition coefficient (Wildman–Crippen LogP) is 2.61. The van der Waals surface area contributed by atoms with Gasteiger partial charge >= 0.3 is 0 Å². The highest BCUT2D eigenvalue weighted by Gasteiger charge is 2.22. The molecule has 5 nitrogen and oxygen atoms in total. The molecule has 1 fully saturated rings. The van der Waals surface area contributed by atoms with Crippen molar-refractivity contribution in [2.45, 2.75) is 32.7 Å². The Hall–Kier alpha value is -2.35. The van der Waals surface area contributed by atoms with Gasteiger partial charge in [0.25, 0.3) is 0 Å². The van der Waals surface area contributed by atoms with E-state index in [9.17, 15) is 0 Å². The topological polar surface area (TPSA) is 57.7 Å². The summed E-state index contributed by atoms with van der Waals surface area (Å²) in [7, 11) is 0. The maximum absolute atomic E-state index is 8.97. The van der Waals surface area contributed by atoms with Gasteiger partial charge in [-0.1, -0.05) is 0 Å². The van der Waals surface area contributed by atoms with Crippen molar-refractivity contribution >= 4 is 5.82 Å². The highest BCUT2D eigenvalue weighted by molar-refractivity contribution is 5.45. The molecule has 21 heavy (non-hydrogen) atoms. The van der Waals surface area contributed by atoms with Crippen LogP contribution in [0.25, 0.3) is 0 Å². The van der Waals surface area contributed by atoms with E-state index in [1.807, 2.05) is 25.3 Å². The summed E-state index contributed by atoms with van der Waals surface area (Å²) < 4.78 is 2.09. The Morgan fingerprint density at radius 1 is 1.24 bits per heavy atom. The average Bonchev–Trinajstić information content (AvgIpc) is 2.94. The van der Waals surface area contributed by atoms with Crippen LogP contribution in [0.5, 0.6) is 0 Å². The van der Waals surface area contributed by atoms with Gasteiger partial charge in [0, 0.05) is 19.3 Å². The van der Waals surface area contributed by atoms with Gasteiger partial charge in [0.1, 0.15) is 11.9 Å². The summed E-state index contributed by atoms with van der Waals surface area (Å²) in [5, 5.41) is 13.4. The zero-order valence-electron chi connectivity index (χ0n) is 12.5. The van der Waals surface area contributed by atoms with Gasteiger partial charge in [0.15, 0.2) is 0 Å². The fraction of sp³-hybridized carbons (Fsp3) is 0.438. The van der Waals surface area contributed by atoms with Crippen LogP contribution in [0.2, 0.25) is 0 Å². The van der Waals surface area contributed by atoms with Crippen LogP contribution in [0.15, 0.2) is 24.5 Å². The van der Waals surface area contributed by atoms with Crippen LogP contribution in [0.1, 0.15) is 35.7 Å². The van der Waals surface area contributed by atoms with Gasteiger partial charge in [-0.05, 0) is 44.4 Å². The monoisotopic (exact) mass is 281 g/mol. The van der Waals surface area contributed by atoms with E-state index >= 15 is 0 Å². The number of aromatic nitrogens is 3. The fourth-order valence-corrected chi connectivity index (χ4v) is 2.83. The van der Waals surface area contributed by atoms with Gasteiger partial charge in [0.2, 0.25) is 0 Å². The molecule has 1 aliphatic heterocycles. The molecule has 0 atom stereocenters. The lowest BCUT2D eigenvalue weighted by molar-refractivity contribution is 0.366. The standard InChI is InChI=1S/C16H19N5/c1-12-10-18-21(11-12)15-5-7-20(8-6-15)16-4-3-14(9-17)13(2)19-16/h3-4,10-11,15H,5-8H2,1-2H3. The highest BCUT2D eigenvalue weighted by Crippen LogP contribution is 2.25. The minimum absolute atomic E-state index is 0.481. The van der Waals surface area contributed by atoms with Gasteiger partial charge in [-0.25, -0.2) is 4.98 Å².